The van der Waals surface area contributed by atoms with Gasteiger partial charge in [0, 0.05) is 24.1 Å². The SMILES string of the molecule is O=C(CCCN1[C@@H]2CC[C@@H]1CC(O)(c1ccccc1)C2)c1ccc(F)cc1. The van der Waals surface area contributed by atoms with Crippen LogP contribution >= 0.6 is 0 Å². The Labute approximate surface area is 159 Å². The number of halogens is 1. The molecule has 3 nitrogen and oxygen atoms in total. The molecule has 2 bridgehead atoms. The summed E-state index contributed by atoms with van der Waals surface area (Å²) < 4.78 is 13.0. The Hall–Kier alpha value is -2.04. The Kier molecular flexibility index (Phi) is 5.11. The number of aliphatic hydroxyl groups is 1. The van der Waals surface area contributed by atoms with Gasteiger partial charge in [0.2, 0.25) is 0 Å². The molecule has 0 aliphatic carbocycles. The van der Waals surface area contributed by atoms with Crippen molar-refractivity contribution in [3.05, 3.63) is 71.5 Å². The van der Waals surface area contributed by atoms with E-state index in [0.717, 1.165) is 44.2 Å². The average molecular weight is 367 g/mol. The Morgan fingerprint density at radius 1 is 1.04 bits per heavy atom. The molecule has 2 saturated heterocycles. The van der Waals surface area contributed by atoms with Gasteiger partial charge in [0.25, 0.3) is 0 Å². The molecular formula is C23H26FNO2. The first kappa shape index (κ1) is 18.3. The lowest BCUT2D eigenvalue weighted by molar-refractivity contribution is -0.0570. The summed E-state index contributed by atoms with van der Waals surface area (Å²) in [7, 11) is 0. The standard InChI is InChI=1S/C23H26FNO2/c24-19-10-8-17(9-11-19)22(26)7-4-14-25-20-12-13-21(25)16-23(27,15-20)18-5-2-1-3-6-18/h1-3,5-6,8-11,20-21,27H,4,7,12-16H2/t20-,21-/m1/s1. The number of nitrogens with zero attached hydrogens (tertiary/aromatic N) is 1. The number of Topliss-reactive ketones (excluding diaryl/α,β-unsaturated/α-hetero) is 1. The molecular weight excluding hydrogens is 341 g/mol. The molecule has 2 heterocycles. The molecule has 27 heavy (non-hydrogen) atoms. The van der Waals surface area contributed by atoms with Crippen molar-refractivity contribution in [2.24, 2.45) is 0 Å². The zero-order valence-electron chi connectivity index (χ0n) is 15.5. The minimum atomic E-state index is -0.729. The molecule has 2 aliphatic rings. The van der Waals surface area contributed by atoms with E-state index in [1.165, 1.54) is 12.1 Å². The molecule has 2 aromatic rings. The van der Waals surface area contributed by atoms with Gasteiger partial charge in [-0.25, -0.2) is 4.39 Å². The van der Waals surface area contributed by atoms with Gasteiger partial charge in [-0.1, -0.05) is 30.3 Å². The number of benzene rings is 2. The second-order valence-electron chi connectivity index (χ2n) is 7.96. The van der Waals surface area contributed by atoms with Crippen molar-refractivity contribution in [1.82, 2.24) is 4.90 Å². The van der Waals surface area contributed by atoms with E-state index >= 15 is 0 Å². The van der Waals surface area contributed by atoms with Crippen LogP contribution in [-0.4, -0.2) is 34.4 Å². The summed E-state index contributed by atoms with van der Waals surface area (Å²) in [5.74, 6) is -0.248. The van der Waals surface area contributed by atoms with Crippen molar-refractivity contribution in [3.8, 4) is 0 Å². The first-order valence-corrected chi connectivity index (χ1v) is 9.88. The molecule has 142 valence electrons. The lowest BCUT2D eigenvalue weighted by Crippen LogP contribution is -2.49. The van der Waals surface area contributed by atoms with Gasteiger partial charge in [0.1, 0.15) is 5.82 Å². The first-order chi connectivity index (χ1) is 13.0. The van der Waals surface area contributed by atoms with E-state index in [-0.39, 0.29) is 11.6 Å². The molecule has 2 atom stereocenters. The molecule has 4 heteroatoms. The Bertz CT molecular complexity index is 776. The summed E-state index contributed by atoms with van der Waals surface area (Å²) in [6.07, 6.45) is 5.04. The maximum absolute atomic E-state index is 13.0. The lowest BCUT2D eigenvalue weighted by Gasteiger charge is -2.44. The van der Waals surface area contributed by atoms with Gasteiger partial charge >= 0.3 is 0 Å². The number of fused-ring (bicyclic) bond motifs is 2. The number of ketones is 1. The van der Waals surface area contributed by atoms with Gasteiger partial charge in [-0.15, -0.1) is 0 Å². The van der Waals surface area contributed by atoms with Crippen LogP contribution in [0.4, 0.5) is 4.39 Å². The van der Waals surface area contributed by atoms with Gasteiger partial charge in [0.15, 0.2) is 5.78 Å². The van der Waals surface area contributed by atoms with Gasteiger partial charge in [-0.3, -0.25) is 9.69 Å². The Balaban J connectivity index is 1.34. The van der Waals surface area contributed by atoms with E-state index in [1.54, 1.807) is 12.1 Å². The predicted octanol–water partition coefficient (Wildman–Crippen LogP) is 4.30. The molecule has 0 aromatic heterocycles. The summed E-state index contributed by atoms with van der Waals surface area (Å²) in [4.78, 5) is 14.8. The molecule has 0 radical (unpaired) electrons. The third-order valence-electron chi connectivity index (χ3n) is 6.22. The molecule has 2 fully saturated rings. The number of carbonyl (C=O) groups excluding carboxylic acids is 1. The van der Waals surface area contributed by atoms with Gasteiger partial charge < -0.3 is 5.11 Å². The largest absolute Gasteiger partial charge is 0.385 e. The molecule has 4 rings (SSSR count). The predicted molar refractivity (Wildman–Crippen MR) is 103 cm³/mol. The van der Waals surface area contributed by atoms with Crippen LogP contribution < -0.4 is 0 Å². The van der Waals surface area contributed by atoms with Crippen LogP contribution in [0.5, 0.6) is 0 Å². The third-order valence-corrected chi connectivity index (χ3v) is 6.22. The van der Waals surface area contributed by atoms with Crippen LogP contribution in [-0.2, 0) is 5.60 Å². The monoisotopic (exact) mass is 367 g/mol. The number of carbonyl (C=O) groups is 1. The maximum Gasteiger partial charge on any atom is 0.162 e. The minimum absolute atomic E-state index is 0.0696. The smallest absolute Gasteiger partial charge is 0.162 e. The second-order valence-corrected chi connectivity index (χ2v) is 7.96. The second kappa shape index (κ2) is 7.53. The summed E-state index contributed by atoms with van der Waals surface area (Å²) in [6, 6.07) is 16.6. The Morgan fingerprint density at radius 2 is 1.67 bits per heavy atom. The highest BCUT2D eigenvalue weighted by Gasteiger charge is 2.47. The van der Waals surface area contributed by atoms with E-state index < -0.39 is 5.60 Å². The highest BCUT2D eigenvalue weighted by atomic mass is 19.1. The summed E-state index contributed by atoms with van der Waals surface area (Å²) >= 11 is 0. The molecule has 2 aliphatic heterocycles. The van der Waals surface area contributed by atoms with Gasteiger partial charge in [0.05, 0.1) is 5.60 Å². The van der Waals surface area contributed by atoms with E-state index in [2.05, 4.69) is 4.90 Å². The van der Waals surface area contributed by atoms with Crippen LogP contribution in [0.3, 0.4) is 0 Å². The number of piperidine rings is 1. The van der Waals surface area contributed by atoms with E-state index in [4.69, 9.17) is 0 Å². The topological polar surface area (TPSA) is 40.5 Å². The van der Waals surface area contributed by atoms with Crippen molar-refractivity contribution in [2.45, 2.75) is 56.2 Å². The molecule has 2 aromatic carbocycles. The van der Waals surface area contributed by atoms with Gasteiger partial charge in [-0.05, 0) is 68.5 Å². The normalized spacial score (nSPS) is 27.6. The van der Waals surface area contributed by atoms with E-state index in [0.29, 0.717) is 24.1 Å². The molecule has 1 N–H and O–H groups in total. The van der Waals surface area contributed by atoms with E-state index in [9.17, 15) is 14.3 Å². The summed E-state index contributed by atoms with van der Waals surface area (Å²) in [5.41, 5.74) is 0.873. The van der Waals surface area contributed by atoms with Crippen LogP contribution in [0.2, 0.25) is 0 Å². The van der Waals surface area contributed by atoms with E-state index in [1.807, 2.05) is 30.3 Å². The van der Waals surface area contributed by atoms with Crippen molar-refractivity contribution < 1.29 is 14.3 Å². The van der Waals surface area contributed by atoms with Gasteiger partial charge in [-0.2, -0.15) is 0 Å². The molecule has 0 unspecified atom stereocenters. The van der Waals surface area contributed by atoms with Crippen LogP contribution in [0.15, 0.2) is 54.6 Å². The van der Waals surface area contributed by atoms with Crippen molar-refractivity contribution in [2.75, 3.05) is 6.54 Å². The molecule has 0 spiro atoms. The van der Waals surface area contributed by atoms with Crippen molar-refractivity contribution in [1.29, 1.82) is 0 Å². The highest BCUT2D eigenvalue weighted by Crippen LogP contribution is 2.45. The quantitative estimate of drug-likeness (QED) is 0.774. The van der Waals surface area contributed by atoms with Crippen molar-refractivity contribution >= 4 is 5.78 Å². The first-order valence-electron chi connectivity index (χ1n) is 9.88. The Morgan fingerprint density at radius 3 is 2.30 bits per heavy atom. The van der Waals surface area contributed by atoms with Crippen molar-refractivity contribution in [3.63, 3.8) is 0 Å². The maximum atomic E-state index is 13.0. The van der Waals surface area contributed by atoms with Crippen LogP contribution in [0.1, 0.15) is 54.4 Å². The third kappa shape index (κ3) is 3.83. The minimum Gasteiger partial charge on any atom is -0.385 e. The molecule has 0 saturated carbocycles. The number of hydrogen-bond acceptors (Lipinski definition) is 3. The highest BCUT2D eigenvalue weighted by molar-refractivity contribution is 5.95. The fourth-order valence-electron chi connectivity index (χ4n) is 4.87. The fraction of sp³-hybridized carbons (Fsp3) is 0.435. The van der Waals surface area contributed by atoms with Crippen LogP contribution in [0, 0.1) is 5.82 Å². The lowest BCUT2D eigenvalue weighted by atomic mass is 9.80. The molecule has 0 amide bonds. The number of rotatable bonds is 6. The zero-order chi connectivity index (χ0) is 18.9. The average Bonchev–Trinajstić information content (AvgIpc) is 2.93. The zero-order valence-corrected chi connectivity index (χ0v) is 15.5. The fourth-order valence-corrected chi connectivity index (χ4v) is 4.87. The van der Waals surface area contributed by atoms with Crippen LogP contribution in [0.25, 0.3) is 0 Å². The number of hydrogen-bond donors (Lipinski definition) is 1. The summed E-state index contributed by atoms with van der Waals surface area (Å²) in [6.45, 7) is 0.882. The summed E-state index contributed by atoms with van der Waals surface area (Å²) in [5, 5.41) is 11.2.